The second-order valence-corrected chi connectivity index (χ2v) is 8.96. The van der Waals surface area contributed by atoms with Crippen molar-refractivity contribution in [3.63, 3.8) is 0 Å². The lowest BCUT2D eigenvalue weighted by Gasteiger charge is -2.30. The number of ether oxygens (including phenoxy) is 1. The molecule has 182 valence electrons. The van der Waals surface area contributed by atoms with Crippen LogP contribution in [0.3, 0.4) is 0 Å². The minimum atomic E-state index is -0.802. The molecule has 2 aliphatic rings. The van der Waals surface area contributed by atoms with Crippen molar-refractivity contribution in [3.8, 4) is 5.75 Å². The van der Waals surface area contributed by atoms with Gasteiger partial charge in [0.15, 0.2) is 5.17 Å². The predicted molar refractivity (Wildman–Crippen MR) is 137 cm³/mol. The van der Waals surface area contributed by atoms with Gasteiger partial charge in [0.1, 0.15) is 17.6 Å². The van der Waals surface area contributed by atoms with E-state index in [0.717, 1.165) is 18.4 Å². The minimum Gasteiger partial charge on any atom is -0.495 e. The highest BCUT2D eigenvalue weighted by molar-refractivity contribution is 8.14. The number of amides is 3. The molecule has 2 aromatic rings. The Kier molecular flexibility index (Phi) is 7.81. The quantitative estimate of drug-likeness (QED) is 0.518. The van der Waals surface area contributed by atoms with Crippen molar-refractivity contribution in [1.82, 2.24) is 10.2 Å². The van der Waals surface area contributed by atoms with Gasteiger partial charge in [0.25, 0.3) is 5.91 Å². The van der Waals surface area contributed by atoms with Gasteiger partial charge in [-0.15, -0.1) is 0 Å². The van der Waals surface area contributed by atoms with Crippen LogP contribution >= 0.6 is 11.8 Å². The average molecular weight is 494 g/mol. The summed E-state index contributed by atoms with van der Waals surface area (Å²) in [6.07, 6.45) is 1.79. The molecule has 1 unspecified atom stereocenters. The number of methoxy groups -OCH3 is 1. The van der Waals surface area contributed by atoms with Crippen LogP contribution in [-0.2, 0) is 14.4 Å². The molecule has 9 nitrogen and oxygen atoms in total. The molecule has 2 aromatic carbocycles. The highest BCUT2D eigenvalue weighted by atomic mass is 32.2. The summed E-state index contributed by atoms with van der Waals surface area (Å²) < 4.78 is 5.29. The molecule has 0 radical (unpaired) electrons. The monoisotopic (exact) mass is 493 g/mol. The molecule has 2 N–H and O–H groups in total. The molecule has 0 spiro atoms. The van der Waals surface area contributed by atoms with Crippen molar-refractivity contribution in [2.45, 2.75) is 32.2 Å². The zero-order chi connectivity index (χ0) is 24.8. The number of hydrogen-bond acceptors (Lipinski definition) is 7. The third-order valence-electron chi connectivity index (χ3n) is 5.55. The third-order valence-corrected chi connectivity index (χ3v) is 6.51. The highest BCUT2D eigenvalue weighted by Crippen LogP contribution is 2.35. The van der Waals surface area contributed by atoms with Crippen LogP contribution in [0, 0.1) is 0 Å². The molecule has 0 aromatic heterocycles. The normalized spacial score (nSPS) is 16.1. The molecular formula is C25H27N5O4S. The molecule has 10 heteroatoms. The highest BCUT2D eigenvalue weighted by Gasteiger charge is 2.42. The van der Waals surface area contributed by atoms with Gasteiger partial charge >= 0.3 is 0 Å². The Morgan fingerprint density at radius 1 is 1.09 bits per heavy atom. The number of thioether (sulfide) groups is 1. The maximum atomic E-state index is 12.8. The summed E-state index contributed by atoms with van der Waals surface area (Å²) in [5.41, 5.74) is 1.95. The number of nitrogens with one attached hydrogen (secondary N) is 2. The fraction of sp³-hybridized carbons (Fsp3) is 0.320. The van der Waals surface area contributed by atoms with Crippen LogP contribution < -0.4 is 15.4 Å². The first-order chi connectivity index (χ1) is 17.0. The van der Waals surface area contributed by atoms with Crippen LogP contribution in [0.2, 0.25) is 0 Å². The number of para-hydroxylation sites is 3. The first-order valence-electron chi connectivity index (χ1n) is 11.4. The van der Waals surface area contributed by atoms with Crippen LogP contribution in [-0.4, -0.2) is 59.1 Å². The van der Waals surface area contributed by atoms with E-state index in [1.807, 2.05) is 43.3 Å². The van der Waals surface area contributed by atoms with E-state index in [-0.39, 0.29) is 24.0 Å². The number of unbranched alkanes of at least 4 members (excludes halogenated alkanes) is 1. The molecule has 0 fully saturated rings. The first kappa shape index (κ1) is 24.5. The topological polar surface area (TPSA) is 112 Å². The number of anilines is 1. The molecule has 2 heterocycles. The summed E-state index contributed by atoms with van der Waals surface area (Å²) in [7, 11) is 1.54. The summed E-state index contributed by atoms with van der Waals surface area (Å²) >= 11 is 1.19. The molecular weight excluding hydrogens is 466 g/mol. The maximum absolute atomic E-state index is 12.8. The van der Waals surface area contributed by atoms with Crippen molar-refractivity contribution in [2.24, 2.45) is 9.98 Å². The van der Waals surface area contributed by atoms with E-state index in [9.17, 15) is 14.4 Å². The minimum absolute atomic E-state index is 0.0370. The van der Waals surface area contributed by atoms with Crippen molar-refractivity contribution >= 4 is 51.9 Å². The van der Waals surface area contributed by atoms with Crippen LogP contribution in [0.25, 0.3) is 0 Å². The Morgan fingerprint density at radius 2 is 1.86 bits per heavy atom. The molecule has 4 rings (SSSR count). The Balaban J connectivity index is 1.52. The Hall–Kier alpha value is -3.66. The summed E-state index contributed by atoms with van der Waals surface area (Å²) in [6, 6.07) is 13.7. The number of carbonyl (C=O) groups excluding carboxylic acids is 3. The standard InChI is InChI=1S/C25H27N5O4S/c1-3-4-13-26-21(31)14-19-24(33)29-23-16-9-5-6-10-17(16)28-25(30(19)23)35-15-22(32)27-18-11-7-8-12-20(18)34-2/h5-12,19H,3-4,13-15H2,1-2H3,(H,26,31)(H,27,32). The number of rotatable bonds is 9. The first-order valence-corrected chi connectivity index (χ1v) is 12.4. The smallest absolute Gasteiger partial charge is 0.271 e. The van der Waals surface area contributed by atoms with Gasteiger partial charge in [0, 0.05) is 12.1 Å². The van der Waals surface area contributed by atoms with Crippen molar-refractivity contribution < 1.29 is 19.1 Å². The van der Waals surface area contributed by atoms with Crippen molar-refractivity contribution in [2.75, 3.05) is 24.7 Å². The van der Waals surface area contributed by atoms with Gasteiger partial charge in [-0.05, 0) is 30.7 Å². The van der Waals surface area contributed by atoms with Crippen molar-refractivity contribution in [1.29, 1.82) is 0 Å². The van der Waals surface area contributed by atoms with Gasteiger partial charge in [-0.2, -0.15) is 4.99 Å². The molecule has 2 aliphatic heterocycles. The van der Waals surface area contributed by atoms with Gasteiger partial charge in [-0.25, -0.2) is 4.99 Å². The summed E-state index contributed by atoms with van der Waals surface area (Å²) in [6.45, 7) is 2.60. The zero-order valence-corrected chi connectivity index (χ0v) is 20.4. The van der Waals surface area contributed by atoms with Gasteiger partial charge in [-0.1, -0.05) is 49.4 Å². The van der Waals surface area contributed by atoms with Crippen LogP contribution in [0.15, 0.2) is 58.5 Å². The van der Waals surface area contributed by atoms with E-state index in [1.165, 1.54) is 18.9 Å². The molecule has 0 aliphatic carbocycles. The summed E-state index contributed by atoms with van der Waals surface area (Å²) in [5, 5.41) is 6.15. The third kappa shape index (κ3) is 5.54. The van der Waals surface area contributed by atoms with E-state index in [2.05, 4.69) is 15.6 Å². The van der Waals surface area contributed by atoms with Gasteiger partial charge < -0.3 is 15.4 Å². The zero-order valence-electron chi connectivity index (χ0n) is 19.6. The van der Waals surface area contributed by atoms with Gasteiger partial charge in [0.05, 0.1) is 30.7 Å². The Labute approximate surface area is 208 Å². The molecule has 35 heavy (non-hydrogen) atoms. The average Bonchev–Trinajstić information content (AvgIpc) is 3.19. The van der Waals surface area contributed by atoms with E-state index in [0.29, 0.717) is 34.7 Å². The van der Waals surface area contributed by atoms with Gasteiger partial charge in [0.2, 0.25) is 11.8 Å². The van der Waals surface area contributed by atoms with Gasteiger partial charge in [-0.3, -0.25) is 19.3 Å². The number of fused-ring (bicyclic) bond motifs is 3. The summed E-state index contributed by atoms with van der Waals surface area (Å²) in [5.74, 6) is 0.202. The molecule has 1 atom stereocenters. The number of carbonyl (C=O) groups is 3. The van der Waals surface area contributed by atoms with Crippen LogP contribution in [0.1, 0.15) is 31.7 Å². The molecule has 0 saturated carbocycles. The Morgan fingerprint density at radius 3 is 2.66 bits per heavy atom. The number of nitrogens with zero attached hydrogens (tertiary/aromatic N) is 3. The van der Waals surface area contributed by atoms with Crippen LogP contribution in [0.5, 0.6) is 5.75 Å². The molecule has 3 amide bonds. The number of hydrogen-bond donors (Lipinski definition) is 2. The van der Waals surface area contributed by atoms with Crippen LogP contribution in [0.4, 0.5) is 11.4 Å². The summed E-state index contributed by atoms with van der Waals surface area (Å²) in [4.78, 5) is 48.7. The molecule has 0 saturated heterocycles. The second-order valence-electron chi connectivity index (χ2n) is 8.02. The lowest BCUT2D eigenvalue weighted by atomic mass is 10.1. The lowest BCUT2D eigenvalue weighted by molar-refractivity contribution is -0.126. The Bertz CT molecular complexity index is 1200. The van der Waals surface area contributed by atoms with E-state index in [1.54, 1.807) is 17.0 Å². The number of benzene rings is 2. The fourth-order valence-corrected chi connectivity index (χ4v) is 4.67. The molecule has 0 bridgehead atoms. The lowest BCUT2D eigenvalue weighted by Crippen LogP contribution is -2.46. The van der Waals surface area contributed by atoms with E-state index in [4.69, 9.17) is 9.73 Å². The van der Waals surface area contributed by atoms with Crippen molar-refractivity contribution in [3.05, 3.63) is 54.1 Å². The van der Waals surface area contributed by atoms with E-state index < -0.39 is 11.9 Å². The van der Waals surface area contributed by atoms with E-state index >= 15 is 0 Å². The fourth-order valence-electron chi connectivity index (χ4n) is 3.82. The maximum Gasteiger partial charge on any atom is 0.271 e. The predicted octanol–water partition coefficient (Wildman–Crippen LogP) is 3.33. The largest absolute Gasteiger partial charge is 0.495 e. The number of aliphatic imine (C=N–C) groups is 2. The SMILES string of the molecule is CCCCNC(=O)CC1C(=O)N=C2c3ccccc3N=C(SCC(=O)Nc3ccccc3OC)N21. The second kappa shape index (κ2) is 11.2. The number of amidine groups is 2.